The van der Waals surface area contributed by atoms with Crippen LogP contribution in [0.5, 0.6) is 5.75 Å². The van der Waals surface area contributed by atoms with Crippen molar-refractivity contribution in [2.45, 2.75) is 46.1 Å². The molecule has 0 saturated heterocycles. The molecule has 1 aromatic carbocycles. The Morgan fingerprint density at radius 1 is 1.35 bits per heavy atom. The number of esters is 1. The Morgan fingerprint density at radius 3 is 2.55 bits per heavy atom. The standard InChI is InChI=1S/C16H25NO3/c1-6-19-15(18)13(17)10-20-14-9-11(2)7-8-12(14)16(3,4)5/h7-9,13H,6,10,17H2,1-5H3. The number of ether oxygens (including phenoxy) is 2. The lowest BCUT2D eigenvalue weighted by molar-refractivity contribution is -0.145. The van der Waals surface area contributed by atoms with E-state index in [4.69, 9.17) is 15.2 Å². The van der Waals surface area contributed by atoms with Crippen LogP contribution in [-0.2, 0) is 14.9 Å². The van der Waals surface area contributed by atoms with Gasteiger partial charge in [-0.15, -0.1) is 0 Å². The molecule has 1 atom stereocenters. The summed E-state index contributed by atoms with van der Waals surface area (Å²) in [7, 11) is 0. The molecule has 1 aromatic rings. The topological polar surface area (TPSA) is 61.5 Å². The van der Waals surface area contributed by atoms with Crippen LogP contribution in [-0.4, -0.2) is 25.2 Å². The third kappa shape index (κ3) is 4.53. The highest BCUT2D eigenvalue weighted by atomic mass is 16.5. The maximum absolute atomic E-state index is 11.5. The Hall–Kier alpha value is -1.55. The Bertz CT molecular complexity index is 463. The molecule has 1 rings (SSSR count). The highest BCUT2D eigenvalue weighted by Gasteiger charge is 2.21. The number of nitrogens with two attached hydrogens (primary N) is 1. The number of hydrogen-bond donors (Lipinski definition) is 1. The van der Waals surface area contributed by atoms with E-state index in [9.17, 15) is 4.79 Å². The van der Waals surface area contributed by atoms with Gasteiger partial charge in [0.15, 0.2) is 0 Å². The van der Waals surface area contributed by atoms with Crippen molar-refractivity contribution >= 4 is 5.97 Å². The summed E-state index contributed by atoms with van der Waals surface area (Å²) in [5.74, 6) is 0.342. The van der Waals surface area contributed by atoms with Crippen LogP contribution in [0.15, 0.2) is 18.2 Å². The number of hydrogen-bond acceptors (Lipinski definition) is 4. The van der Waals surface area contributed by atoms with E-state index in [0.717, 1.165) is 16.9 Å². The quantitative estimate of drug-likeness (QED) is 0.841. The first-order valence-corrected chi connectivity index (χ1v) is 6.92. The average molecular weight is 279 g/mol. The summed E-state index contributed by atoms with van der Waals surface area (Å²) in [5, 5.41) is 0. The van der Waals surface area contributed by atoms with Gasteiger partial charge in [0.25, 0.3) is 0 Å². The molecular formula is C16H25NO3. The summed E-state index contributed by atoms with van der Waals surface area (Å²) in [6.07, 6.45) is 0. The van der Waals surface area contributed by atoms with Crippen LogP contribution >= 0.6 is 0 Å². The highest BCUT2D eigenvalue weighted by molar-refractivity contribution is 5.75. The van der Waals surface area contributed by atoms with Crippen LogP contribution in [0.3, 0.4) is 0 Å². The summed E-state index contributed by atoms with van der Waals surface area (Å²) in [6.45, 7) is 10.6. The molecule has 2 N–H and O–H groups in total. The van der Waals surface area contributed by atoms with Crippen LogP contribution < -0.4 is 10.5 Å². The smallest absolute Gasteiger partial charge is 0.326 e. The van der Waals surface area contributed by atoms with E-state index in [2.05, 4.69) is 32.9 Å². The fourth-order valence-corrected chi connectivity index (χ4v) is 1.87. The summed E-state index contributed by atoms with van der Waals surface area (Å²) in [5.41, 5.74) is 7.92. The van der Waals surface area contributed by atoms with E-state index in [0.29, 0.717) is 6.61 Å². The molecule has 0 aliphatic carbocycles. The summed E-state index contributed by atoms with van der Waals surface area (Å²) in [4.78, 5) is 11.5. The number of benzene rings is 1. The van der Waals surface area contributed by atoms with Crippen molar-refractivity contribution in [2.75, 3.05) is 13.2 Å². The molecule has 0 saturated carbocycles. The maximum Gasteiger partial charge on any atom is 0.326 e. The number of rotatable bonds is 5. The van der Waals surface area contributed by atoms with Crippen molar-refractivity contribution in [3.8, 4) is 5.75 Å². The van der Waals surface area contributed by atoms with Gasteiger partial charge in [0.05, 0.1) is 6.61 Å². The monoisotopic (exact) mass is 279 g/mol. The van der Waals surface area contributed by atoms with Gasteiger partial charge in [-0.05, 0) is 36.5 Å². The lowest BCUT2D eigenvalue weighted by Gasteiger charge is -2.24. The minimum absolute atomic E-state index is 0.0307. The van der Waals surface area contributed by atoms with Gasteiger partial charge in [0.2, 0.25) is 0 Å². The van der Waals surface area contributed by atoms with Crippen LogP contribution in [0.4, 0.5) is 0 Å². The fourth-order valence-electron chi connectivity index (χ4n) is 1.87. The Balaban J connectivity index is 2.82. The van der Waals surface area contributed by atoms with E-state index in [1.54, 1.807) is 6.92 Å². The highest BCUT2D eigenvalue weighted by Crippen LogP contribution is 2.32. The van der Waals surface area contributed by atoms with Gasteiger partial charge in [0, 0.05) is 0 Å². The van der Waals surface area contributed by atoms with Gasteiger partial charge >= 0.3 is 5.97 Å². The molecule has 1 unspecified atom stereocenters. The zero-order chi connectivity index (χ0) is 15.3. The predicted molar refractivity (Wildman–Crippen MR) is 80.0 cm³/mol. The van der Waals surface area contributed by atoms with Gasteiger partial charge < -0.3 is 15.2 Å². The second-order valence-electron chi connectivity index (χ2n) is 5.92. The Kier molecular flexibility index (Phi) is 5.57. The Morgan fingerprint density at radius 2 is 2.00 bits per heavy atom. The zero-order valence-electron chi connectivity index (χ0n) is 13.0. The summed E-state index contributed by atoms with van der Waals surface area (Å²) >= 11 is 0. The van der Waals surface area contributed by atoms with Gasteiger partial charge in [-0.25, -0.2) is 0 Å². The van der Waals surface area contributed by atoms with Crippen molar-refractivity contribution in [1.29, 1.82) is 0 Å². The SMILES string of the molecule is CCOC(=O)C(N)COc1cc(C)ccc1C(C)(C)C. The molecule has 0 fully saturated rings. The van der Waals surface area contributed by atoms with Crippen molar-refractivity contribution < 1.29 is 14.3 Å². The summed E-state index contributed by atoms with van der Waals surface area (Å²) in [6, 6.07) is 5.32. The molecule has 4 heteroatoms. The van der Waals surface area contributed by atoms with Crippen molar-refractivity contribution in [3.05, 3.63) is 29.3 Å². The van der Waals surface area contributed by atoms with Gasteiger partial charge in [0.1, 0.15) is 18.4 Å². The molecule has 0 bridgehead atoms. The number of aryl methyl sites for hydroxylation is 1. The van der Waals surface area contributed by atoms with Gasteiger partial charge in [-0.1, -0.05) is 32.9 Å². The lowest BCUT2D eigenvalue weighted by atomic mass is 9.86. The average Bonchev–Trinajstić information content (AvgIpc) is 2.34. The molecule has 20 heavy (non-hydrogen) atoms. The van der Waals surface area contributed by atoms with E-state index < -0.39 is 12.0 Å². The molecule has 0 heterocycles. The predicted octanol–water partition coefficient (Wildman–Crippen LogP) is 2.56. The number of carbonyl (C=O) groups excluding carboxylic acids is 1. The first kappa shape index (κ1) is 16.5. The maximum atomic E-state index is 11.5. The first-order chi connectivity index (χ1) is 9.25. The molecule has 112 valence electrons. The fraction of sp³-hybridized carbons (Fsp3) is 0.562. The Labute approximate surface area is 121 Å². The zero-order valence-corrected chi connectivity index (χ0v) is 13.0. The molecular weight excluding hydrogens is 254 g/mol. The van der Waals surface area contributed by atoms with Crippen molar-refractivity contribution in [3.63, 3.8) is 0 Å². The molecule has 0 radical (unpaired) electrons. The van der Waals surface area contributed by atoms with Crippen molar-refractivity contribution in [2.24, 2.45) is 5.73 Å². The third-order valence-corrected chi connectivity index (χ3v) is 2.95. The van der Waals surface area contributed by atoms with Gasteiger partial charge in [-0.3, -0.25) is 4.79 Å². The third-order valence-electron chi connectivity index (χ3n) is 2.95. The van der Waals surface area contributed by atoms with Gasteiger partial charge in [-0.2, -0.15) is 0 Å². The van der Waals surface area contributed by atoms with Crippen LogP contribution in [0.1, 0.15) is 38.8 Å². The molecule has 0 aromatic heterocycles. The molecule has 0 amide bonds. The molecule has 4 nitrogen and oxygen atoms in total. The van der Waals surface area contributed by atoms with E-state index in [1.165, 1.54) is 0 Å². The largest absolute Gasteiger partial charge is 0.491 e. The van der Waals surface area contributed by atoms with Crippen molar-refractivity contribution in [1.82, 2.24) is 0 Å². The second kappa shape index (κ2) is 6.75. The van der Waals surface area contributed by atoms with Crippen LogP contribution in [0.2, 0.25) is 0 Å². The van der Waals surface area contributed by atoms with Crippen LogP contribution in [0, 0.1) is 6.92 Å². The minimum Gasteiger partial charge on any atom is -0.491 e. The summed E-state index contributed by atoms with van der Waals surface area (Å²) < 4.78 is 10.6. The van der Waals surface area contributed by atoms with E-state index >= 15 is 0 Å². The lowest BCUT2D eigenvalue weighted by Crippen LogP contribution is -2.38. The second-order valence-corrected chi connectivity index (χ2v) is 5.92. The normalized spacial score (nSPS) is 12.9. The molecule has 0 aliphatic rings. The number of carbonyl (C=O) groups is 1. The molecule has 0 aliphatic heterocycles. The molecule has 0 spiro atoms. The van der Waals surface area contributed by atoms with E-state index in [1.807, 2.05) is 13.0 Å². The first-order valence-electron chi connectivity index (χ1n) is 6.92. The van der Waals surface area contributed by atoms with E-state index in [-0.39, 0.29) is 12.0 Å². The van der Waals surface area contributed by atoms with Crippen LogP contribution in [0.25, 0.3) is 0 Å². The minimum atomic E-state index is -0.761.